The molecule has 0 radical (unpaired) electrons. The smallest absolute Gasteiger partial charge is 0.303 e. The Morgan fingerprint density at radius 3 is 2.56 bits per heavy atom. The number of esters is 1. The fourth-order valence-electron chi connectivity index (χ4n) is 3.07. The first-order valence-corrected chi connectivity index (χ1v) is 8.72. The van der Waals surface area contributed by atoms with E-state index < -0.39 is 0 Å². The third-order valence-electron chi connectivity index (χ3n) is 4.48. The lowest BCUT2D eigenvalue weighted by atomic mass is 10.3. The molecule has 1 aliphatic rings. The highest BCUT2D eigenvalue weighted by molar-refractivity contribution is 5.65. The van der Waals surface area contributed by atoms with E-state index >= 15 is 0 Å². The van der Waals surface area contributed by atoms with Crippen molar-refractivity contribution >= 4 is 5.97 Å². The molecule has 0 spiro atoms. The predicted molar refractivity (Wildman–Crippen MR) is 92.6 cm³/mol. The van der Waals surface area contributed by atoms with Crippen molar-refractivity contribution in [1.29, 1.82) is 0 Å². The van der Waals surface area contributed by atoms with Crippen LogP contribution in [-0.2, 0) is 36.3 Å². The van der Waals surface area contributed by atoms with Crippen LogP contribution in [0.3, 0.4) is 0 Å². The van der Waals surface area contributed by atoms with Crippen LogP contribution in [0.4, 0.5) is 0 Å². The van der Waals surface area contributed by atoms with Crippen molar-refractivity contribution in [3.8, 4) is 0 Å². The number of carbonyl (C=O) groups is 1. The molecule has 1 fully saturated rings. The van der Waals surface area contributed by atoms with E-state index in [1.807, 2.05) is 31.6 Å². The second kappa shape index (κ2) is 8.31. The summed E-state index contributed by atoms with van der Waals surface area (Å²) in [5.41, 5.74) is 0. The monoisotopic (exact) mass is 346 g/mol. The number of imidazole rings is 1. The van der Waals surface area contributed by atoms with Gasteiger partial charge in [-0.05, 0) is 31.6 Å². The molecule has 25 heavy (non-hydrogen) atoms. The summed E-state index contributed by atoms with van der Waals surface area (Å²) in [6, 6.07) is 3.85. The fourth-order valence-corrected chi connectivity index (χ4v) is 3.07. The molecular weight excluding hydrogens is 320 g/mol. The normalized spacial score (nSPS) is 16.7. The topological polar surface area (TPSA) is 63.7 Å². The van der Waals surface area contributed by atoms with Gasteiger partial charge in [-0.3, -0.25) is 14.6 Å². The Morgan fingerprint density at radius 2 is 1.88 bits per heavy atom. The molecule has 0 unspecified atom stereocenters. The SMILES string of the molecule is CC(=O)OCc1ccc(CN2CCCN(Cc3nccn3C)CC2)o1. The van der Waals surface area contributed by atoms with E-state index in [1.54, 1.807) is 0 Å². The molecule has 136 valence electrons. The summed E-state index contributed by atoms with van der Waals surface area (Å²) in [6.45, 7) is 7.44. The van der Waals surface area contributed by atoms with Crippen molar-refractivity contribution in [2.24, 2.45) is 7.05 Å². The van der Waals surface area contributed by atoms with Gasteiger partial charge in [-0.25, -0.2) is 4.98 Å². The summed E-state index contributed by atoms with van der Waals surface area (Å²) in [5, 5.41) is 0. The number of aromatic nitrogens is 2. The second-order valence-corrected chi connectivity index (χ2v) is 6.51. The average molecular weight is 346 g/mol. The predicted octanol–water partition coefficient (Wildman–Crippen LogP) is 1.78. The summed E-state index contributed by atoms with van der Waals surface area (Å²) in [4.78, 5) is 20.1. The van der Waals surface area contributed by atoms with Crippen LogP contribution >= 0.6 is 0 Å². The van der Waals surface area contributed by atoms with Crippen molar-refractivity contribution in [2.45, 2.75) is 33.0 Å². The Kier molecular flexibility index (Phi) is 5.88. The molecule has 1 aliphatic heterocycles. The highest BCUT2D eigenvalue weighted by atomic mass is 16.5. The highest BCUT2D eigenvalue weighted by Crippen LogP contribution is 2.14. The number of hydrogen-bond acceptors (Lipinski definition) is 6. The van der Waals surface area contributed by atoms with Gasteiger partial charge in [0, 0.05) is 39.5 Å². The zero-order valence-corrected chi connectivity index (χ0v) is 15.0. The number of nitrogens with zero attached hydrogens (tertiary/aromatic N) is 4. The highest BCUT2D eigenvalue weighted by Gasteiger charge is 2.17. The summed E-state index contributed by atoms with van der Waals surface area (Å²) in [6.07, 6.45) is 4.97. The van der Waals surface area contributed by atoms with Crippen molar-refractivity contribution in [3.05, 3.63) is 41.9 Å². The second-order valence-electron chi connectivity index (χ2n) is 6.51. The lowest BCUT2D eigenvalue weighted by Gasteiger charge is -2.21. The first-order valence-electron chi connectivity index (χ1n) is 8.72. The summed E-state index contributed by atoms with van der Waals surface area (Å²) in [7, 11) is 2.04. The van der Waals surface area contributed by atoms with Crippen molar-refractivity contribution in [3.63, 3.8) is 0 Å². The number of hydrogen-bond donors (Lipinski definition) is 0. The molecule has 7 nitrogen and oxygen atoms in total. The molecule has 0 amide bonds. The van der Waals surface area contributed by atoms with E-state index in [1.165, 1.54) is 6.92 Å². The minimum atomic E-state index is -0.293. The Balaban J connectivity index is 1.48. The van der Waals surface area contributed by atoms with Crippen LogP contribution in [-0.4, -0.2) is 51.5 Å². The van der Waals surface area contributed by atoms with E-state index in [2.05, 4.69) is 19.4 Å². The van der Waals surface area contributed by atoms with Crippen LogP contribution < -0.4 is 0 Å². The molecule has 2 aromatic rings. The maximum atomic E-state index is 10.9. The Hall–Kier alpha value is -2.12. The minimum absolute atomic E-state index is 0.201. The molecule has 7 heteroatoms. The number of rotatable bonds is 6. The zero-order chi connectivity index (χ0) is 17.6. The van der Waals surface area contributed by atoms with E-state index in [4.69, 9.17) is 9.15 Å². The molecule has 0 aliphatic carbocycles. The van der Waals surface area contributed by atoms with Gasteiger partial charge in [0.2, 0.25) is 0 Å². The van der Waals surface area contributed by atoms with Gasteiger partial charge >= 0.3 is 5.97 Å². The maximum absolute atomic E-state index is 10.9. The molecule has 0 aromatic carbocycles. The van der Waals surface area contributed by atoms with E-state index in [0.29, 0.717) is 5.76 Å². The first-order chi connectivity index (χ1) is 12.1. The molecule has 1 saturated heterocycles. The van der Waals surface area contributed by atoms with Gasteiger partial charge in [0.15, 0.2) is 0 Å². The molecule has 0 N–H and O–H groups in total. The number of aryl methyl sites for hydroxylation is 1. The van der Waals surface area contributed by atoms with Crippen LogP contribution in [0.1, 0.15) is 30.7 Å². The summed E-state index contributed by atoms with van der Waals surface area (Å²) >= 11 is 0. The quantitative estimate of drug-likeness (QED) is 0.743. The molecule has 2 aromatic heterocycles. The van der Waals surface area contributed by atoms with Gasteiger partial charge < -0.3 is 13.7 Å². The Morgan fingerprint density at radius 1 is 1.16 bits per heavy atom. The standard InChI is InChI=1S/C18H26N4O3/c1-15(23)24-14-17-5-4-16(25-17)12-21-7-3-8-22(11-10-21)13-18-19-6-9-20(18)2/h4-6,9H,3,7-8,10-14H2,1-2H3. The number of carbonyl (C=O) groups excluding carboxylic acids is 1. The lowest BCUT2D eigenvalue weighted by Crippen LogP contribution is -2.30. The van der Waals surface area contributed by atoms with Gasteiger partial charge in [0.25, 0.3) is 0 Å². The summed E-state index contributed by atoms with van der Waals surface area (Å²) < 4.78 is 12.8. The van der Waals surface area contributed by atoms with Crippen LogP contribution in [0.2, 0.25) is 0 Å². The van der Waals surface area contributed by atoms with Crippen LogP contribution in [0, 0.1) is 0 Å². The molecule has 0 atom stereocenters. The van der Waals surface area contributed by atoms with Crippen molar-refractivity contribution in [1.82, 2.24) is 19.4 Å². The minimum Gasteiger partial charge on any atom is -0.461 e. The zero-order valence-electron chi connectivity index (χ0n) is 15.0. The molecule has 0 bridgehead atoms. The van der Waals surface area contributed by atoms with Crippen molar-refractivity contribution in [2.75, 3.05) is 26.2 Å². The fraction of sp³-hybridized carbons (Fsp3) is 0.556. The molecule has 3 heterocycles. The molecule has 0 saturated carbocycles. The largest absolute Gasteiger partial charge is 0.461 e. The maximum Gasteiger partial charge on any atom is 0.303 e. The van der Waals surface area contributed by atoms with Gasteiger partial charge in [-0.2, -0.15) is 0 Å². The van der Waals surface area contributed by atoms with E-state index in [9.17, 15) is 4.79 Å². The van der Waals surface area contributed by atoms with Gasteiger partial charge in [0.1, 0.15) is 24.0 Å². The summed E-state index contributed by atoms with van der Waals surface area (Å²) in [5.74, 6) is 2.42. The third kappa shape index (κ3) is 5.17. The molecular formula is C18H26N4O3. The number of furan rings is 1. The van der Waals surface area contributed by atoms with E-state index in [0.717, 1.165) is 57.3 Å². The van der Waals surface area contributed by atoms with Gasteiger partial charge in [-0.1, -0.05) is 0 Å². The average Bonchev–Trinajstić information content (AvgIpc) is 3.12. The Labute approximate surface area is 148 Å². The van der Waals surface area contributed by atoms with Gasteiger partial charge in [0.05, 0.1) is 13.1 Å². The van der Waals surface area contributed by atoms with Crippen molar-refractivity contribution < 1.29 is 13.9 Å². The van der Waals surface area contributed by atoms with Crippen LogP contribution in [0.25, 0.3) is 0 Å². The van der Waals surface area contributed by atoms with Crippen LogP contribution in [0.5, 0.6) is 0 Å². The van der Waals surface area contributed by atoms with E-state index in [-0.39, 0.29) is 12.6 Å². The lowest BCUT2D eigenvalue weighted by molar-refractivity contribution is -0.142. The number of ether oxygens (including phenoxy) is 1. The first kappa shape index (κ1) is 17.7. The molecule has 3 rings (SSSR count). The third-order valence-corrected chi connectivity index (χ3v) is 4.48. The van der Waals surface area contributed by atoms with Crippen LogP contribution in [0.15, 0.2) is 28.9 Å². The Bertz CT molecular complexity index is 694. The van der Waals surface area contributed by atoms with Gasteiger partial charge in [-0.15, -0.1) is 0 Å².